The summed E-state index contributed by atoms with van der Waals surface area (Å²) in [6, 6.07) is 15.4. The second kappa shape index (κ2) is 8.97. The SMILES string of the molecule is CC(C)c1ccc(OC(F)(F)F)c(CNN2CCCCC2c2ccccc2)c1. The first-order valence-corrected chi connectivity index (χ1v) is 9.77. The lowest BCUT2D eigenvalue weighted by Crippen LogP contribution is -2.43. The van der Waals surface area contributed by atoms with E-state index in [1.54, 1.807) is 12.1 Å². The third-order valence-corrected chi connectivity index (χ3v) is 5.14. The highest BCUT2D eigenvalue weighted by Crippen LogP contribution is 2.32. The molecule has 1 saturated heterocycles. The topological polar surface area (TPSA) is 24.5 Å². The number of hydrazine groups is 1. The molecule has 0 aromatic heterocycles. The number of nitrogens with one attached hydrogen (secondary N) is 1. The van der Waals surface area contributed by atoms with Crippen molar-refractivity contribution in [1.29, 1.82) is 0 Å². The number of hydrogen-bond donors (Lipinski definition) is 1. The molecule has 3 nitrogen and oxygen atoms in total. The summed E-state index contributed by atoms with van der Waals surface area (Å²) in [4.78, 5) is 0. The second-order valence-corrected chi connectivity index (χ2v) is 7.52. The van der Waals surface area contributed by atoms with Crippen molar-refractivity contribution >= 4 is 0 Å². The van der Waals surface area contributed by atoms with Gasteiger partial charge in [0, 0.05) is 24.7 Å². The minimum absolute atomic E-state index is 0.141. The standard InChI is InChI=1S/C22H27F3N2O/c1-16(2)18-11-12-21(28-22(23,24)25)19(14-18)15-26-27-13-7-6-10-20(27)17-8-4-3-5-9-17/h3-5,8-9,11-12,14,16,20,26H,6-7,10,13,15H2,1-2H3. The first-order valence-electron chi connectivity index (χ1n) is 9.77. The number of nitrogens with zero attached hydrogens (tertiary/aromatic N) is 1. The third-order valence-electron chi connectivity index (χ3n) is 5.14. The van der Waals surface area contributed by atoms with E-state index in [2.05, 4.69) is 27.3 Å². The molecule has 1 aliphatic rings. The lowest BCUT2D eigenvalue weighted by Gasteiger charge is -2.36. The fourth-order valence-electron chi connectivity index (χ4n) is 3.65. The highest BCUT2D eigenvalue weighted by molar-refractivity contribution is 5.38. The van der Waals surface area contributed by atoms with Crippen molar-refractivity contribution in [2.45, 2.75) is 58.0 Å². The molecule has 1 fully saturated rings. The van der Waals surface area contributed by atoms with Gasteiger partial charge in [0.2, 0.25) is 0 Å². The summed E-state index contributed by atoms with van der Waals surface area (Å²) in [5.41, 5.74) is 6.09. The number of alkyl halides is 3. The summed E-state index contributed by atoms with van der Waals surface area (Å²) in [6.45, 7) is 5.19. The summed E-state index contributed by atoms with van der Waals surface area (Å²) in [5.74, 6) is 0.0865. The van der Waals surface area contributed by atoms with E-state index in [4.69, 9.17) is 0 Å². The van der Waals surface area contributed by atoms with Crippen LogP contribution in [0.2, 0.25) is 0 Å². The molecule has 1 atom stereocenters. The predicted octanol–water partition coefficient (Wildman–Crippen LogP) is 5.94. The zero-order chi connectivity index (χ0) is 20.1. The lowest BCUT2D eigenvalue weighted by molar-refractivity contribution is -0.274. The molecule has 0 spiro atoms. The molecule has 2 aromatic carbocycles. The minimum atomic E-state index is -4.70. The van der Waals surface area contributed by atoms with Crippen LogP contribution >= 0.6 is 0 Å². The molecule has 6 heteroatoms. The van der Waals surface area contributed by atoms with E-state index in [9.17, 15) is 13.2 Å². The number of ether oxygens (including phenoxy) is 1. The van der Waals surface area contributed by atoms with Gasteiger partial charge in [-0.05, 0) is 36.0 Å². The summed E-state index contributed by atoms with van der Waals surface area (Å²) >= 11 is 0. The molecule has 1 aliphatic heterocycles. The van der Waals surface area contributed by atoms with E-state index in [-0.39, 0.29) is 24.3 Å². The van der Waals surface area contributed by atoms with Gasteiger partial charge in [-0.2, -0.15) is 0 Å². The molecule has 1 heterocycles. The smallest absolute Gasteiger partial charge is 0.405 e. The summed E-state index contributed by atoms with van der Waals surface area (Å²) in [5, 5.41) is 2.15. The Bertz CT molecular complexity index is 762. The minimum Gasteiger partial charge on any atom is -0.405 e. The van der Waals surface area contributed by atoms with Crippen LogP contribution in [0.1, 0.15) is 61.8 Å². The molecular weight excluding hydrogens is 365 g/mol. The number of halogens is 3. The van der Waals surface area contributed by atoms with Gasteiger partial charge in [0.15, 0.2) is 0 Å². The molecule has 3 rings (SSSR count). The van der Waals surface area contributed by atoms with E-state index < -0.39 is 6.36 Å². The van der Waals surface area contributed by atoms with Crippen LogP contribution in [0, 0.1) is 0 Å². The van der Waals surface area contributed by atoms with Crippen molar-refractivity contribution in [1.82, 2.24) is 10.4 Å². The Morgan fingerprint density at radius 3 is 2.54 bits per heavy atom. The molecule has 152 valence electrons. The normalized spacial score (nSPS) is 18.4. The molecule has 28 heavy (non-hydrogen) atoms. The predicted molar refractivity (Wildman–Crippen MR) is 104 cm³/mol. The molecule has 2 aromatic rings. The van der Waals surface area contributed by atoms with Crippen molar-refractivity contribution in [2.24, 2.45) is 0 Å². The first kappa shape index (κ1) is 20.7. The Morgan fingerprint density at radius 2 is 1.86 bits per heavy atom. The van der Waals surface area contributed by atoms with E-state index in [0.29, 0.717) is 5.56 Å². The zero-order valence-electron chi connectivity index (χ0n) is 16.3. The summed E-state index contributed by atoms with van der Waals surface area (Å²) < 4.78 is 42.7. The van der Waals surface area contributed by atoms with Crippen LogP contribution in [0.3, 0.4) is 0 Å². The first-order chi connectivity index (χ1) is 13.3. The van der Waals surface area contributed by atoms with Crippen LogP contribution < -0.4 is 10.2 Å². The Balaban J connectivity index is 1.78. The molecule has 1 unspecified atom stereocenters. The van der Waals surface area contributed by atoms with Gasteiger partial charge in [0.05, 0.1) is 0 Å². The molecule has 0 amide bonds. The Kier molecular flexibility index (Phi) is 6.62. The van der Waals surface area contributed by atoms with Crippen LogP contribution in [0.25, 0.3) is 0 Å². The van der Waals surface area contributed by atoms with Gasteiger partial charge in [0.25, 0.3) is 0 Å². The van der Waals surface area contributed by atoms with Crippen LogP contribution in [0.5, 0.6) is 5.75 Å². The molecule has 1 N–H and O–H groups in total. The summed E-state index contributed by atoms with van der Waals surface area (Å²) in [6.07, 6.45) is -1.47. The highest BCUT2D eigenvalue weighted by Gasteiger charge is 2.32. The Labute approximate surface area is 164 Å². The van der Waals surface area contributed by atoms with Crippen molar-refractivity contribution in [3.05, 3.63) is 65.2 Å². The summed E-state index contributed by atoms with van der Waals surface area (Å²) in [7, 11) is 0. The van der Waals surface area contributed by atoms with Gasteiger partial charge in [-0.25, -0.2) is 5.01 Å². The lowest BCUT2D eigenvalue weighted by atomic mass is 9.97. The van der Waals surface area contributed by atoms with Crippen LogP contribution in [0.15, 0.2) is 48.5 Å². The molecule has 0 bridgehead atoms. The van der Waals surface area contributed by atoms with Crippen molar-refractivity contribution in [3.8, 4) is 5.75 Å². The van der Waals surface area contributed by atoms with Gasteiger partial charge in [0.1, 0.15) is 5.75 Å². The molecule has 0 aliphatic carbocycles. The van der Waals surface area contributed by atoms with Gasteiger partial charge < -0.3 is 4.74 Å². The number of piperidine rings is 1. The van der Waals surface area contributed by atoms with Crippen LogP contribution in [-0.2, 0) is 6.54 Å². The maximum absolute atomic E-state index is 12.8. The Morgan fingerprint density at radius 1 is 1.11 bits per heavy atom. The number of rotatable bonds is 6. The quantitative estimate of drug-likeness (QED) is 0.658. The van der Waals surface area contributed by atoms with Gasteiger partial charge >= 0.3 is 6.36 Å². The third kappa shape index (κ3) is 5.49. The molecule has 0 saturated carbocycles. The highest BCUT2D eigenvalue weighted by atomic mass is 19.4. The van der Waals surface area contributed by atoms with Crippen molar-refractivity contribution in [3.63, 3.8) is 0 Å². The second-order valence-electron chi connectivity index (χ2n) is 7.52. The maximum atomic E-state index is 12.8. The average molecular weight is 392 g/mol. The van der Waals surface area contributed by atoms with E-state index in [1.165, 1.54) is 11.6 Å². The monoisotopic (exact) mass is 392 g/mol. The van der Waals surface area contributed by atoms with Gasteiger partial charge in [-0.1, -0.05) is 62.7 Å². The van der Waals surface area contributed by atoms with E-state index >= 15 is 0 Å². The fourth-order valence-corrected chi connectivity index (χ4v) is 3.65. The van der Waals surface area contributed by atoms with Crippen molar-refractivity contribution in [2.75, 3.05) is 6.54 Å². The van der Waals surface area contributed by atoms with E-state index in [0.717, 1.165) is 31.4 Å². The maximum Gasteiger partial charge on any atom is 0.573 e. The van der Waals surface area contributed by atoms with Crippen molar-refractivity contribution < 1.29 is 17.9 Å². The average Bonchev–Trinajstić information content (AvgIpc) is 2.67. The largest absolute Gasteiger partial charge is 0.573 e. The Hall–Kier alpha value is -2.05. The van der Waals surface area contributed by atoms with Gasteiger partial charge in [-0.15, -0.1) is 13.2 Å². The van der Waals surface area contributed by atoms with E-state index in [1.807, 2.05) is 32.0 Å². The number of benzene rings is 2. The van der Waals surface area contributed by atoms with Crippen LogP contribution in [-0.4, -0.2) is 17.9 Å². The van der Waals surface area contributed by atoms with Gasteiger partial charge in [-0.3, -0.25) is 5.43 Å². The number of hydrogen-bond acceptors (Lipinski definition) is 3. The zero-order valence-corrected chi connectivity index (χ0v) is 16.3. The molecule has 0 radical (unpaired) electrons. The molecular formula is C22H27F3N2O. The fraction of sp³-hybridized carbons (Fsp3) is 0.455. The van der Waals surface area contributed by atoms with Crippen LogP contribution in [0.4, 0.5) is 13.2 Å².